The maximum atomic E-state index is 12.5. The number of carbonyl (C=O) groups excluding carboxylic acids is 1. The Balaban J connectivity index is 1.47. The second kappa shape index (κ2) is 7.82. The van der Waals surface area contributed by atoms with Gasteiger partial charge in [0.2, 0.25) is 5.91 Å². The van der Waals surface area contributed by atoms with Gasteiger partial charge in [-0.05, 0) is 56.4 Å². The Hall–Kier alpha value is -1.84. The van der Waals surface area contributed by atoms with Crippen LogP contribution in [0.15, 0.2) is 30.3 Å². The van der Waals surface area contributed by atoms with E-state index in [1.807, 2.05) is 6.07 Å². The molecule has 3 rings (SSSR count). The summed E-state index contributed by atoms with van der Waals surface area (Å²) < 4.78 is 0. The summed E-state index contributed by atoms with van der Waals surface area (Å²) in [5.41, 5.74) is 1.40. The second-order valence-corrected chi connectivity index (χ2v) is 7.37. The molecular formula is C20H27NO3. The lowest BCUT2D eigenvalue weighted by molar-refractivity contribution is -0.144. The predicted octanol–water partition coefficient (Wildman–Crippen LogP) is 3.72. The molecule has 24 heavy (non-hydrogen) atoms. The highest BCUT2D eigenvalue weighted by Gasteiger charge is 2.32. The van der Waals surface area contributed by atoms with Crippen LogP contribution >= 0.6 is 0 Å². The SMILES string of the molecule is O=C(O)C1CCCC(C(=O)NC2CCC(c3ccccc3)CC2)C1. The highest BCUT2D eigenvalue weighted by atomic mass is 16.4. The van der Waals surface area contributed by atoms with Gasteiger partial charge in [0, 0.05) is 12.0 Å². The van der Waals surface area contributed by atoms with E-state index in [4.69, 9.17) is 5.11 Å². The van der Waals surface area contributed by atoms with Gasteiger partial charge < -0.3 is 10.4 Å². The Labute approximate surface area is 143 Å². The molecule has 0 bridgehead atoms. The molecule has 0 aliphatic heterocycles. The summed E-state index contributed by atoms with van der Waals surface area (Å²) >= 11 is 0. The average molecular weight is 329 g/mol. The van der Waals surface area contributed by atoms with E-state index in [1.54, 1.807) is 0 Å². The molecule has 1 aromatic carbocycles. The van der Waals surface area contributed by atoms with Crippen LogP contribution in [0.3, 0.4) is 0 Å². The van der Waals surface area contributed by atoms with Crippen molar-refractivity contribution in [3.05, 3.63) is 35.9 Å². The Morgan fingerprint density at radius 1 is 0.917 bits per heavy atom. The molecule has 2 aliphatic carbocycles. The molecule has 2 aliphatic rings. The number of carboxylic acids is 1. The van der Waals surface area contributed by atoms with Crippen molar-refractivity contribution in [1.82, 2.24) is 5.32 Å². The standard InChI is InChI=1S/C20H27NO3/c22-19(16-7-4-8-17(13-16)20(23)24)21-18-11-9-15(10-12-18)14-5-2-1-3-6-14/h1-3,5-6,15-18H,4,7-13H2,(H,21,22)(H,23,24). The highest BCUT2D eigenvalue weighted by molar-refractivity contribution is 5.80. The topological polar surface area (TPSA) is 66.4 Å². The first-order valence-corrected chi connectivity index (χ1v) is 9.21. The average Bonchev–Trinajstić information content (AvgIpc) is 2.63. The molecule has 2 atom stereocenters. The molecule has 1 amide bonds. The number of amides is 1. The summed E-state index contributed by atoms with van der Waals surface area (Å²) in [6, 6.07) is 10.9. The van der Waals surface area contributed by atoms with Gasteiger partial charge in [-0.1, -0.05) is 36.8 Å². The minimum absolute atomic E-state index is 0.0733. The van der Waals surface area contributed by atoms with E-state index in [0.29, 0.717) is 18.8 Å². The summed E-state index contributed by atoms with van der Waals surface area (Å²) in [7, 11) is 0. The van der Waals surface area contributed by atoms with Gasteiger partial charge in [0.25, 0.3) is 0 Å². The van der Waals surface area contributed by atoms with Gasteiger partial charge in [0.05, 0.1) is 5.92 Å². The van der Waals surface area contributed by atoms with E-state index >= 15 is 0 Å². The molecule has 2 unspecified atom stereocenters. The first kappa shape index (κ1) is 17.0. The van der Waals surface area contributed by atoms with Gasteiger partial charge in [-0.2, -0.15) is 0 Å². The van der Waals surface area contributed by atoms with Crippen molar-refractivity contribution in [2.24, 2.45) is 11.8 Å². The first-order valence-electron chi connectivity index (χ1n) is 9.21. The van der Waals surface area contributed by atoms with Crippen LogP contribution in [-0.4, -0.2) is 23.0 Å². The maximum Gasteiger partial charge on any atom is 0.306 e. The molecular weight excluding hydrogens is 302 g/mol. The van der Waals surface area contributed by atoms with Gasteiger partial charge in [-0.25, -0.2) is 0 Å². The number of aliphatic carboxylic acids is 1. The molecule has 4 nitrogen and oxygen atoms in total. The third kappa shape index (κ3) is 4.16. The fraction of sp³-hybridized carbons (Fsp3) is 0.600. The number of hydrogen-bond donors (Lipinski definition) is 2. The van der Waals surface area contributed by atoms with Gasteiger partial charge in [-0.3, -0.25) is 9.59 Å². The van der Waals surface area contributed by atoms with Crippen LogP contribution in [0, 0.1) is 11.8 Å². The third-order valence-corrected chi connectivity index (χ3v) is 5.74. The van der Waals surface area contributed by atoms with Crippen LogP contribution in [0.5, 0.6) is 0 Å². The third-order valence-electron chi connectivity index (χ3n) is 5.74. The highest BCUT2D eigenvalue weighted by Crippen LogP contribution is 2.34. The van der Waals surface area contributed by atoms with Crippen LogP contribution in [0.4, 0.5) is 0 Å². The number of benzene rings is 1. The number of rotatable bonds is 4. The number of nitrogens with one attached hydrogen (secondary N) is 1. The number of hydrogen-bond acceptors (Lipinski definition) is 2. The van der Waals surface area contributed by atoms with Crippen molar-refractivity contribution in [1.29, 1.82) is 0 Å². The fourth-order valence-electron chi connectivity index (χ4n) is 4.27. The Morgan fingerprint density at radius 2 is 1.58 bits per heavy atom. The van der Waals surface area contributed by atoms with Crippen LogP contribution < -0.4 is 5.32 Å². The van der Waals surface area contributed by atoms with Crippen LogP contribution in [0.1, 0.15) is 62.8 Å². The number of carbonyl (C=O) groups is 2. The lowest BCUT2D eigenvalue weighted by atomic mass is 9.79. The van der Waals surface area contributed by atoms with Crippen molar-refractivity contribution >= 4 is 11.9 Å². The zero-order chi connectivity index (χ0) is 16.9. The summed E-state index contributed by atoms with van der Waals surface area (Å²) in [5.74, 6) is -0.541. The second-order valence-electron chi connectivity index (χ2n) is 7.37. The zero-order valence-electron chi connectivity index (χ0n) is 14.1. The van der Waals surface area contributed by atoms with Gasteiger partial charge in [-0.15, -0.1) is 0 Å². The summed E-state index contributed by atoms with van der Waals surface area (Å²) in [6.45, 7) is 0. The first-order chi connectivity index (χ1) is 11.6. The largest absolute Gasteiger partial charge is 0.481 e. The lowest BCUT2D eigenvalue weighted by Crippen LogP contribution is -2.42. The van der Waals surface area contributed by atoms with Crippen molar-refractivity contribution < 1.29 is 14.7 Å². The van der Waals surface area contributed by atoms with Gasteiger partial charge in [0.1, 0.15) is 0 Å². The molecule has 4 heteroatoms. The van der Waals surface area contributed by atoms with E-state index in [9.17, 15) is 9.59 Å². The van der Waals surface area contributed by atoms with E-state index in [0.717, 1.165) is 38.5 Å². The molecule has 0 spiro atoms. The Bertz CT molecular complexity index is 564. The van der Waals surface area contributed by atoms with Crippen LogP contribution in [0.2, 0.25) is 0 Å². The van der Waals surface area contributed by atoms with E-state index in [2.05, 4.69) is 29.6 Å². The van der Waals surface area contributed by atoms with Crippen LogP contribution in [0.25, 0.3) is 0 Å². The predicted molar refractivity (Wildman–Crippen MR) is 92.7 cm³/mol. The van der Waals surface area contributed by atoms with Crippen LogP contribution in [-0.2, 0) is 9.59 Å². The summed E-state index contributed by atoms with van der Waals surface area (Å²) in [5, 5.41) is 12.4. The molecule has 0 heterocycles. The minimum atomic E-state index is -0.754. The normalized spacial score (nSPS) is 30.5. The maximum absolute atomic E-state index is 12.5. The smallest absolute Gasteiger partial charge is 0.306 e. The van der Waals surface area contributed by atoms with Crippen molar-refractivity contribution in [2.45, 2.75) is 63.3 Å². The fourth-order valence-corrected chi connectivity index (χ4v) is 4.27. The monoisotopic (exact) mass is 329 g/mol. The van der Waals surface area contributed by atoms with Gasteiger partial charge >= 0.3 is 5.97 Å². The van der Waals surface area contributed by atoms with E-state index in [1.165, 1.54) is 5.56 Å². The van der Waals surface area contributed by atoms with E-state index in [-0.39, 0.29) is 23.8 Å². The Morgan fingerprint density at radius 3 is 2.25 bits per heavy atom. The number of carboxylic acid groups (broad SMARTS) is 1. The zero-order valence-corrected chi connectivity index (χ0v) is 14.1. The molecule has 0 radical (unpaired) electrons. The molecule has 2 fully saturated rings. The van der Waals surface area contributed by atoms with E-state index < -0.39 is 5.97 Å². The van der Waals surface area contributed by atoms with Crippen molar-refractivity contribution in [3.8, 4) is 0 Å². The van der Waals surface area contributed by atoms with Crippen molar-refractivity contribution in [2.75, 3.05) is 0 Å². The summed E-state index contributed by atoms with van der Waals surface area (Å²) in [4.78, 5) is 23.6. The molecule has 2 N–H and O–H groups in total. The van der Waals surface area contributed by atoms with Gasteiger partial charge in [0.15, 0.2) is 0 Å². The van der Waals surface area contributed by atoms with Crippen molar-refractivity contribution in [3.63, 3.8) is 0 Å². The molecule has 2 saturated carbocycles. The molecule has 130 valence electrons. The molecule has 0 aromatic heterocycles. The summed E-state index contributed by atoms with van der Waals surface area (Å²) in [6.07, 6.45) is 7.13. The Kier molecular flexibility index (Phi) is 5.54. The lowest BCUT2D eigenvalue weighted by Gasteiger charge is -2.32. The minimum Gasteiger partial charge on any atom is -0.481 e. The quantitative estimate of drug-likeness (QED) is 0.885. The molecule has 1 aromatic rings. The molecule has 0 saturated heterocycles.